The molecule has 0 radical (unpaired) electrons. The number of carbonyl (C=O) groups excluding carboxylic acids is 1. The molecule has 0 atom stereocenters. The molecule has 0 spiro atoms. The third kappa shape index (κ3) is 2.79. The van der Waals surface area contributed by atoms with Crippen molar-refractivity contribution in [3.05, 3.63) is 5.82 Å². The molecule has 0 fully saturated rings. The van der Waals surface area contributed by atoms with Crippen molar-refractivity contribution in [1.29, 1.82) is 0 Å². The fraction of sp³-hybridized carbons (Fsp3) is 0.375. The Labute approximate surface area is 81.3 Å². The zero-order chi connectivity index (χ0) is 10.4. The molecular formula is C8H11N5O. The zero-order valence-electron chi connectivity index (χ0n) is 7.58. The number of H-pyrrole nitrogens is 1. The van der Waals surface area contributed by atoms with Crippen LogP contribution in [0.2, 0.25) is 0 Å². The largest absolute Gasteiger partial charge is 0.366 e. The summed E-state index contributed by atoms with van der Waals surface area (Å²) in [6.07, 6.45) is 6.43. The normalized spacial score (nSPS) is 9.36. The van der Waals surface area contributed by atoms with Gasteiger partial charge in [-0.05, 0) is 6.42 Å². The van der Waals surface area contributed by atoms with Gasteiger partial charge in [-0.1, -0.05) is 0 Å². The lowest BCUT2D eigenvalue weighted by Crippen LogP contribution is -2.25. The predicted molar refractivity (Wildman–Crippen MR) is 51.2 cm³/mol. The lowest BCUT2D eigenvalue weighted by Gasteiger charge is -1.99. The van der Waals surface area contributed by atoms with E-state index in [0.29, 0.717) is 13.0 Å². The van der Waals surface area contributed by atoms with Crippen molar-refractivity contribution in [2.45, 2.75) is 12.8 Å². The van der Waals surface area contributed by atoms with Gasteiger partial charge in [0.05, 0.1) is 0 Å². The highest BCUT2D eigenvalue weighted by atomic mass is 16.2. The molecule has 0 saturated heterocycles. The second kappa shape index (κ2) is 4.87. The topological polar surface area (TPSA) is 96.7 Å². The first-order valence-electron chi connectivity index (χ1n) is 4.13. The van der Waals surface area contributed by atoms with Gasteiger partial charge in [0.25, 0.3) is 5.91 Å². The van der Waals surface area contributed by atoms with Gasteiger partial charge in [0.15, 0.2) is 0 Å². The number of terminal acetylenes is 1. The molecule has 0 aromatic carbocycles. The van der Waals surface area contributed by atoms with E-state index >= 15 is 0 Å². The van der Waals surface area contributed by atoms with Crippen LogP contribution in [-0.4, -0.2) is 27.6 Å². The second-order valence-corrected chi connectivity index (χ2v) is 2.61. The first kappa shape index (κ1) is 10.1. The van der Waals surface area contributed by atoms with E-state index in [2.05, 4.69) is 26.4 Å². The molecule has 1 amide bonds. The number of hydrogen-bond acceptors (Lipinski definition) is 4. The minimum Gasteiger partial charge on any atom is -0.366 e. The molecule has 14 heavy (non-hydrogen) atoms. The minimum atomic E-state index is -0.328. The van der Waals surface area contributed by atoms with Gasteiger partial charge in [0.2, 0.25) is 11.8 Å². The average molecular weight is 193 g/mol. The summed E-state index contributed by atoms with van der Waals surface area (Å²) >= 11 is 0. The molecule has 0 aliphatic carbocycles. The maximum atomic E-state index is 11.3. The third-order valence-electron chi connectivity index (χ3n) is 1.50. The van der Waals surface area contributed by atoms with Crippen molar-refractivity contribution < 1.29 is 4.79 Å². The number of nitrogen functional groups attached to an aromatic ring is 1. The summed E-state index contributed by atoms with van der Waals surface area (Å²) < 4.78 is 0. The second-order valence-electron chi connectivity index (χ2n) is 2.61. The number of amides is 1. The van der Waals surface area contributed by atoms with Crippen molar-refractivity contribution in [2.75, 3.05) is 12.3 Å². The molecular weight excluding hydrogens is 182 g/mol. The smallest absolute Gasteiger partial charge is 0.288 e. The first-order chi connectivity index (χ1) is 6.74. The molecule has 0 aliphatic rings. The van der Waals surface area contributed by atoms with Gasteiger partial charge in [-0.3, -0.25) is 9.89 Å². The molecule has 4 N–H and O–H groups in total. The first-order valence-corrected chi connectivity index (χ1v) is 4.13. The molecule has 0 aliphatic heterocycles. The van der Waals surface area contributed by atoms with Gasteiger partial charge in [0.1, 0.15) is 0 Å². The molecule has 0 bridgehead atoms. The van der Waals surface area contributed by atoms with Gasteiger partial charge in [-0.2, -0.15) is 4.98 Å². The third-order valence-corrected chi connectivity index (χ3v) is 1.50. The van der Waals surface area contributed by atoms with Crippen molar-refractivity contribution in [1.82, 2.24) is 20.5 Å². The van der Waals surface area contributed by atoms with Crippen LogP contribution in [0.4, 0.5) is 5.95 Å². The number of unbranched alkanes of at least 4 members (excludes halogenated alkanes) is 1. The SMILES string of the molecule is C#CCCCNC(=O)c1nc(N)n[nH]1. The van der Waals surface area contributed by atoms with Crippen LogP contribution in [0.15, 0.2) is 0 Å². The van der Waals surface area contributed by atoms with E-state index in [-0.39, 0.29) is 17.7 Å². The molecule has 1 rings (SSSR count). The highest BCUT2D eigenvalue weighted by molar-refractivity contribution is 5.90. The van der Waals surface area contributed by atoms with Gasteiger partial charge in [-0.15, -0.1) is 17.4 Å². The number of anilines is 1. The summed E-state index contributed by atoms with van der Waals surface area (Å²) in [5.74, 6) is 2.32. The predicted octanol–water partition coefficient (Wildman–Crippen LogP) is -0.470. The number of hydrogen-bond donors (Lipinski definition) is 3. The maximum absolute atomic E-state index is 11.3. The number of aromatic amines is 1. The summed E-state index contributed by atoms with van der Waals surface area (Å²) in [6, 6.07) is 0. The zero-order valence-corrected chi connectivity index (χ0v) is 7.58. The van der Waals surface area contributed by atoms with E-state index < -0.39 is 0 Å². The maximum Gasteiger partial charge on any atom is 0.288 e. The van der Waals surface area contributed by atoms with E-state index in [1.807, 2.05) is 0 Å². The highest BCUT2D eigenvalue weighted by Gasteiger charge is 2.08. The van der Waals surface area contributed by atoms with E-state index in [1.54, 1.807) is 0 Å². The van der Waals surface area contributed by atoms with Crippen LogP contribution < -0.4 is 11.1 Å². The lowest BCUT2D eigenvalue weighted by atomic mass is 10.3. The van der Waals surface area contributed by atoms with Gasteiger partial charge in [-0.25, -0.2) is 0 Å². The highest BCUT2D eigenvalue weighted by Crippen LogP contribution is 1.92. The Morgan fingerprint density at radius 1 is 1.71 bits per heavy atom. The Balaban J connectivity index is 2.33. The number of rotatable bonds is 4. The van der Waals surface area contributed by atoms with Crippen molar-refractivity contribution >= 4 is 11.9 Å². The Morgan fingerprint density at radius 3 is 3.07 bits per heavy atom. The number of nitrogens with one attached hydrogen (secondary N) is 2. The number of carbonyl (C=O) groups is 1. The van der Waals surface area contributed by atoms with Crippen LogP contribution in [0.5, 0.6) is 0 Å². The molecule has 1 heterocycles. The molecule has 1 aromatic rings. The summed E-state index contributed by atoms with van der Waals surface area (Å²) in [5.41, 5.74) is 5.23. The Hall–Kier alpha value is -2.03. The Bertz CT molecular complexity index is 351. The molecule has 6 nitrogen and oxygen atoms in total. The quantitative estimate of drug-likeness (QED) is 0.445. The summed E-state index contributed by atoms with van der Waals surface area (Å²) in [6.45, 7) is 0.517. The fourth-order valence-electron chi connectivity index (χ4n) is 0.852. The van der Waals surface area contributed by atoms with Gasteiger partial charge in [0, 0.05) is 13.0 Å². The van der Waals surface area contributed by atoms with Crippen molar-refractivity contribution in [3.63, 3.8) is 0 Å². The molecule has 1 aromatic heterocycles. The van der Waals surface area contributed by atoms with Crippen LogP contribution in [0.1, 0.15) is 23.5 Å². The number of nitrogens with two attached hydrogens (primary N) is 1. The van der Waals surface area contributed by atoms with Crippen molar-refractivity contribution in [3.8, 4) is 12.3 Å². The van der Waals surface area contributed by atoms with E-state index in [4.69, 9.17) is 12.2 Å². The molecule has 74 valence electrons. The van der Waals surface area contributed by atoms with E-state index in [9.17, 15) is 4.79 Å². The monoisotopic (exact) mass is 193 g/mol. The van der Waals surface area contributed by atoms with Gasteiger partial charge >= 0.3 is 0 Å². The fourth-order valence-corrected chi connectivity index (χ4v) is 0.852. The van der Waals surface area contributed by atoms with Crippen LogP contribution >= 0.6 is 0 Å². The molecule has 0 unspecified atom stereocenters. The van der Waals surface area contributed by atoms with Crippen molar-refractivity contribution in [2.24, 2.45) is 0 Å². The van der Waals surface area contributed by atoms with Crippen LogP contribution in [0.3, 0.4) is 0 Å². The van der Waals surface area contributed by atoms with Crippen LogP contribution in [-0.2, 0) is 0 Å². The Morgan fingerprint density at radius 2 is 2.50 bits per heavy atom. The standard InChI is InChI=1S/C8H11N5O/c1-2-3-4-5-10-7(14)6-11-8(9)13-12-6/h1H,3-5H2,(H,10,14)(H3,9,11,12,13). The minimum absolute atomic E-state index is 0.0544. The van der Waals surface area contributed by atoms with E-state index in [1.165, 1.54) is 0 Å². The number of aromatic nitrogens is 3. The van der Waals surface area contributed by atoms with E-state index in [0.717, 1.165) is 6.42 Å². The molecule has 0 saturated carbocycles. The molecule has 6 heteroatoms. The summed E-state index contributed by atoms with van der Waals surface area (Å²) in [4.78, 5) is 14.9. The van der Waals surface area contributed by atoms with Crippen LogP contribution in [0.25, 0.3) is 0 Å². The summed E-state index contributed by atoms with van der Waals surface area (Å²) in [7, 11) is 0. The average Bonchev–Trinajstić information content (AvgIpc) is 2.59. The Kier molecular flexibility index (Phi) is 3.49. The number of nitrogens with zero attached hydrogens (tertiary/aromatic N) is 2. The lowest BCUT2D eigenvalue weighted by molar-refractivity contribution is 0.0943. The summed E-state index contributed by atoms with van der Waals surface area (Å²) in [5, 5.41) is 8.56. The van der Waals surface area contributed by atoms with Crippen LogP contribution in [0, 0.1) is 12.3 Å². The van der Waals surface area contributed by atoms with Gasteiger partial charge < -0.3 is 11.1 Å².